The van der Waals surface area contributed by atoms with Gasteiger partial charge in [0.1, 0.15) is 29.4 Å². The lowest BCUT2D eigenvalue weighted by Crippen LogP contribution is -2.24. The smallest absolute Gasteiger partial charge is 0.197 e. The Labute approximate surface area is 151 Å². The van der Waals surface area contributed by atoms with E-state index >= 15 is 0 Å². The summed E-state index contributed by atoms with van der Waals surface area (Å²) in [5.41, 5.74) is 1.21. The van der Waals surface area contributed by atoms with Crippen LogP contribution in [0.3, 0.4) is 0 Å². The maximum absolute atomic E-state index is 13.2. The molecule has 0 amide bonds. The molecule has 1 aromatic heterocycles. The number of benzene rings is 2. The minimum atomic E-state index is -0.423. The molecule has 0 spiro atoms. The first-order valence-corrected chi connectivity index (χ1v) is 8.45. The zero-order chi connectivity index (χ0) is 18.9. The van der Waals surface area contributed by atoms with Crippen LogP contribution in [-0.4, -0.2) is 23.4 Å². The van der Waals surface area contributed by atoms with Crippen LogP contribution >= 0.6 is 0 Å². The molecule has 0 fully saturated rings. The van der Waals surface area contributed by atoms with Gasteiger partial charge in [-0.1, -0.05) is 20.8 Å². The molecule has 0 saturated carbocycles. The fourth-order valence-corrected chi connectivity index (χ4v) is 2.92. The summed E-state index contributed by atoms with van der Waals surface area (Å²) >= 11 is 0. The molecule has 0 unspecified atom stereocenters. The first kappa shape index (κ1) is 18.0. The lowest BCUT2D eigenvalue weighted by Gasteiger charge is -2.22. The summed E-state index contributed by atoms with van der Waals surface area (Å²) in [6.07, 6.45) is 0. The summed E-state index contributed by atoms with van der Waals surface area (Å²) in [5, 5.41) is 18.9. The number of phenols is 1. The minimum absolute atomic E-state index is 0.0875. The molecule has 0 atom stereocenters. The Morgan fingerprint density at radius 2 is 1.77 bits per heavy atom. The Bertz CT molecular complexity index is 978. The monoisotopic (exact) mass is 354 g/mol. The second-order valence-electron chi connectivity index (χ2n) is 7.16. The summed E-state index contributed by atoms with van der Waals surface area (Å²) in [7, 11) is 0. The molecule has 2 N–H and O–H groups in total. The van der Waals surface area contributed by atoms with Gasteiger partial charge in [0, 0.05) is 17.2 Å². The van der Waals surface area contributed by atoms with Gasteiger partial charge in [-0.2, -0.15) is 0 Å². The van der Waals surface area contributed by atoms with E-state index in [0.29, 0.717) is 33.6 Å². The molecule has 2 aromatic carbocycles. The highest BCUT2D eigenvalue weighted by Gasteiger charge is 2.26. The Morgan fingerprint density at radius 1 is 1.08 bits per heavy atom. The highest BCUT2D eigenvalue weighted by atomic mass is 16.5. The van der Waals surface area contributed by atoms with Crippen molar-refractivity contribution in [3.63, 3.8) is 0 Å². The second-order valence-corrected chi connectivity index (χ2v) is 7.16. The molecule has 0 aliphatic carbocycles. The fraction of sp³-hybridized carbons (Fsp3) is 0.286. The van der Waals surface area contributed by atoms with Gasteiger partial charge in [0.25, 0.3) is 0 Å². The molecule has 0 saturated heterocycles. The number of hydrogen-bond acceptors (Lipinski definition) is 5. The number of rotatable bonds is 4. The van der Waals surface area contributed by atoms with Crippen molar-refractivity contribution >= 4 is 11.0 Å². The topological polar surface area (TPSA) is 79.9 Å². The molecule has 5 heteroatoms. The van der Waals surface area contributed by atoms with Gasteiger partial charge in [0.15, 0.2) is 5.43 Å². The fourth-order valence-electron chi connectivity index (χ4n) is 2.92. The van der Waals surface area contributed by atoms with Gasteiger partial charge in [-0.05, 0) is 41.8 Å². The zero-order valence-electron chi connectivity index (χ0n) is 15.1. The van der Waals surface area contributed by atoms with Crippen molar-refractivity contribution in [2.75, 3.05) is 13.2 Å². The Kier molecular flexibility index (Phi) is 4.74. The predicted molar refractivity (Wildman–Crippen MR) is 101 cm³/mol. The lowest BCUT2D eigenvalue weighted by atomic mass is 9.84. The van der Waals surface area contributed by atoms with Gasteiger partial charge < -0.3 is 19.4 Å². The third kappa shape index (κ3) is 3.44. The van der Waals surface area contributed by atoms with Crippen molar-refractivity contribution in [2.24, 2.45) is 0 Å². The van der Waals surface area contributed by atoms with E-state index < -0.39 is 5.41 Å². The zero-order valence-corrected chi connectivity index (χ0v) is 15.1. The average Bonchev–Trinajstić information content (AvgIpc) is 2.59. The number of fused-ring (bicyclic) bond motifs is 1. The van der Waals surface area contributed by atoms with Crippen LogP contribution in [0.15, 0.2) is 51.7 Å². The van der Waals surface area contributed by atoms with E-state index in [1.165, 1.54) is 0 Å². The van der Waals surface area contributed by atoms with Crippen LogP contribution in [0.4, 0.5) is 0 Å². The van der Waals surface area contributed by atoms with Gasteiger partial charge in [0.05, 0.1) is 12.0 Å². The number of hydrogen-bond donors (Lipinski definition) is 2. The normalized spacial score (nSPS) is 11.7. The largest absolute Gasteiger partial charge is 0.508 e. The maximum Gasteiger partial charge on any atom is 0.197 e. The van der Waals surface area contributed by atoms with Crippen LogP contribution in [-0.2, 0) is 5.41 Å². The highest BCUT2D eigenvalue weighted by molar-refractivity contribution is 5.82. The standard InChI is InChI=1S/C21H22O5/c1-21(2,3)18-19(24)16-9-8-15(25-11-10-22)12-17(16)26-20(18)13-4-6-14(23)7-5-13/h4-9,12,22-23H,10-11H2,1-3H3. The average molecular weight is 354 g/mol. The summed E-state index contributed by atoms with van der Waals surface area (Å²) in [6.45, 7) is 5.97. The van der Waals surface area contributed by atoms with Crippen molar-refractivity contribution in [3.8, 4) is 22.8 Å². The highest BCUT2D eigenvalue weighted by Crippen LogP contribution is 2.34. The Hall–Kier alpha value is -2.79. The Morgan fingerprint density at radius 3 is 2.38 bits per heavy atom. The summed E-state index contributed by atoms with van der Waals surface area (Å²) in [5.74, 6) is 1.15. The summed E-state index contributed by atoms with van der Waals surface area (Å²) in [4.78, 5) is 13.2. The number of ether oxygens (including phenoxy) is 1. The van der Waals surface area contributed by atoms with Crippen molar-refractivity contribution in [1.82, 2.24) is 0 Å². The number of aromatic hydroxyl groups is 1. The number of aliphatic hydroxyl groups excluding tert-OH is 1. The van der Waals surface area contributed by atoms with Crippen LogP contribution in [0.1, 0.15) is 26.3 Å². The summed E-state index contributed by atoms with van der Waals surface area (Å²) < 4.78 is 11.5. The number of phenolic OH excluding ortho intramolecular Hbond substituents is 1. The molecule has 26 heavy (non-hydrogen) atoms. The summed E-state index contributed by atoms with van der Waals surface area (Å²) in [6, 6.07) is 11.6. The molecule has 1 heterocycles. The lowest BCUT2D eigenvalue weighted by molar-refractivity contribution is 0.201. The van der Waals surface area contributed by atoms with Crippen LogP contribution in [0.2, 0.25) is 0 Å². The molecule has 136 valence electrons. The van der Waals surface area contributed by atoms with Crippen molar-refractivity contribution in [2.45, 2.75) is 26.2 Å². The van der Waals surface area contributed by atoms with Crippen molar-refractivity contribution < 1.29 is 19.4 Å². The van der Waals surface area contributed by atoms with Crippen LogP contribution in [0.5, 0.6) is 11.5 Å². The quantitative estimate of drug-likeness (QED) is 0.744. The Balaban J connectivity index is 2.28. The van der Waals surface area contributed by atoms with E-state index in [1.54, 1.807) is 42.5 Å². The molecular weight excluding hydrogens is 332 g/mol. The van der Waals surface area contributed by atoms with E-state index in [2.05, 4.69) is 0 Å². The van der Waals surface area contributed by atoms with Crippen LogP contribution in [0.25, 0.3) is 22.3 Å². The molecule has 3 aromatic rings. The van der Waals surface area contributed by atoms with Gasteiger partial charge in [-0.15, -0.1) is 0 Å². The van der Waals surface area contributed by atoms with E-state index in [9.17, 15) is 9.90 Å². The first-order chi connectivity index (χ1) is 12.3. The predicted octanol–water partition coefficient (Wildman–Crippen LogP) is 3.83. The molecule has 0 bridgehead atoms. The van der Waals surface area contributed by atoms with Crippen LogP contribution in [0, 0.1) is 0 Å². The molecule has 0 aliphatic heterocycles. The van der Waals surface area contributed by atoms with Gasteiger partial charge in [0.2, 0.25) is 0 Å². The van der Waals surface area contributed by atoms with E-state index in [-0.39, 0.29) is 24.4 Å². The molecule has 3 rings (SSSR count). The second kappa shape index (κ2) is 6.84. The van der Waals surface area contributed by atoms with Gasteiger partial charge in [-0.25, -0.2) is 0 Å². The van der Waals surface area contributed by atoms with Gasteiger partial charge in [-0.3, -0.25) is 4.79 Å². The maximum atomic E-state index is 13.2. The van der Waals surface area contributed by atoms with E-state index in [4.69, 9.17) is 14.3 Å². The van der Waals surface area contributed by atoms with Gasteiger partial charge >= 0.3 is 0 Å². The van der Waals surface area contributed by atoms with Crippen LogP contribution < -0.4 is 10.2 Å². The molecule has 5 nitrogen and oxygen atoms in total. The minimum Gasteiger partial charge on any atom is -0.508 e. The molecule has 0 aliphatic rings. The van der Waals surface area contributed by atoms with Crippen molar-refractivity contribution in [1.29, 1.82) is 0 Å². The molecule has 0 radical (unpaired) electrons. The third-order valence-electron chi connectivity index (χ3n) is 4.10. The van der Waals surface area contributed by atoms with E-state index in [1.807, 2.05) is 20.8 Å². The SMILES string of the molecule is CC(C)(C)c1c(-c2ccc(O)cc2)oc2cc(OCCO)ccc2c1=O. The first-order valence-electron chi connectivity index (χ1n) is 8.45. The third-order valence-corrected chi connectivity index (χ3v) is 4.10. The number of aliphatic hydroxyl groups is 1. The van der Waals surface area contributed by atoms with E-state index in [0.717, 1.165) is 0 Å². The molecular formula is C21H22O5. The van der Waals surface area contributed by atoms with Crippen molar-refractivity contribution in [3.05, 3.63) is 58.3 Å².